The third-order valence-corrected chi connectivity index (χ3v) is 7.81. The van der Waals surface area contributed by atoms with Gasteiger partial charge in [-0.1, -0.05) is 0 Å². The van der Waals surface area contributed by atoms with Crippen molar-refractivity contribution in [2.45, 2.75) is 28.2 Å². The zero-order valence-electron chi connectivity index (χ0n) is 10.6. The molecule has 2 N–H and O–H groups in total. The summed E-state index contributed by atoms with van der Waals surface area (Å²) in [7, 11) is 1.57. The van der Waals surface area contributed by atoms with Crippen molar-refractivity contribution in [3.63, 3.8) is 0 Å². The number of rotatable bonds is 5. The Morgan fingerprint density at radius 1 is 1.65 bits per heavy atom. The number of nitrogens with zero attached hydrogens (tertiary/aromatic N) is 1. The van der Waals surface area contributed by atoms with E-state index in [-0.39, 0.29) is 11.3 Å². The second-order valence-electron chi connectivity index (χ2n) is 4.30. The molecular weight excluding hydrogens is 535 g/mol. The van der Waals surface area contributed by atoms with E-state index in [4.69, 9.17) is 45.3 Å². The van der Waals surface area contributed by atoms with E-state index in [0.29, 0.717) is 30.2 Å². The van der Waals surface area contributed by atoms with E-state index in [1.807, 2.05) is 0 Å². The molecule has 0 saturated carbocycles. The minimum atomic E-state index is -1.70. The van der Waals surface area contributed by atoms with Crippen LogP contribution in [0, 0.1) is 0 Å². The van der Waals surface area contributed by atoms with Crippen LogP contribution in [0.25, 0.3) is 0 Å². The average molecular weight is 547 g/mol. The van der Waals surface area contributed by atoms with E-state index < -0.39 is 28.5 Å². The Hall–Kier alpha value is 0.795. The number of esters is 1. The molecule has 108 valence electrons. The first kappa shape index (κ1) is 18.8. The number of alkyl halides is 3. The summed E-state index contributed by atoms with van der Waals surface area (Å²) < 4.78 is 3.24. The summed E-state index contributed by atoms with van der Waals surface area (Å²) in [5.41, 5.74) is 6.20. The van der Waals surface area contributed by atoms with Gasteiger partial charge >= 0.3 is 151 Å². The number of halogens is 3. The fourth-order valence-electron chi connectivity index (χ4n) is 1.75. The van der Waals surface area contributed by atoms with Crippen molar-refractivity contribution in [1.82, 2.24) is 4.90 Å². The third kappa shape index (κ3) is 4.40. The van der Waals surface area contributed by atoms with Crippen molar-refractivity contribution in [2.24, 2.45) is 5.73 Å². The first-order valence-electron chi connectivity index (χ1n) is 5.47. The summed E-state index contributed by atoms with van der Waals surface area (Å²) in [6.07, 6.45) is 0. The van der Waals surface area contributed by atoms with Crippen molar-refractivity contribution >= 4 is 54.9 Å². The molecule has 0 aromatic heterocycles. The van der Waals surface area contributed by atoms with E-state index in [1.54, 1.807) is 15.2 Å². The Bertz CT molecular complexity index is 432. The molecule has 0 spiro atoms. The van der Waals surface area contributed by atoms with E-state index in [2.05, 4.69) is 6.58 Å². The Labute approximate surface area is 150 Å². The molecule has 1 aliphatic rings. The van der Waals surface area contributed by atoms with Gasteiger partial charge in [0.1, 0.15) is 0 Å². The number of ether oxygens (including phenoxy) is 1. The molecule has 3 atom stereocenters. The Kier molecular flexibility index (Phi) is 6.95. The molecule has 0 radical (unpaired) electrons. The SMILES string of the molecule is C=C(C)C(C(=O)OCC(Cl)(Cl)Cl)N1C(=O)C(N)C1[S][Hg+]. The van der Waals surface area contributed by atoms with Gasteiger partial charge in [-0.15, -0.1) is 0 Å². The van der Waals surface area contributed by atoms with Crippen LogP contribution in [0.2, 0.25) is 0 Å². The van der Waals surface area contributed by atoms with E-state index >= 15 is 0 Å². The van der Waals surface area contributed by atoms with Crippen LogP contribution in [0.3, 0.4) is 0 Å². The van der Waals surface area contributed by atoms with E-state index in [1.165, 1.54) is 4.90 Å². The number of β-lactam (4-membered cyclic amide) rings is 1. The molecule has 0 aromatic carbocycles. The predicted molar refractivity (Wildman–Crippen MR) is 76.1 cm³/mol. The van der Waals surface area contributed by atoms with Crippen molar-refractivity contribution in [2.75, 3.05) is 6.61 Å². The number of amides is 1. The average Bonchev–Trinajstić information content (AvgIpc) is 2.34. The van der Waals surface area contributed by atoms with Crippen molar-refractivity contribution in [1.29, 1.82) is 0 Å². The third-order valence-electron chi connectivity index (χ3n) is 2.64. The number of hydrogen-bond donors (Lipinski definition) is 1. The standard InChI is InChI=1S/C10H13Cl3N2O3S.Hg/c1-4(2)6(9(17)18-3-10(11,12)13)15-7(16)5(14)8(15)19;/h5-6,8,19H,1,3,14H2,2H3;/q;+2/p-1. The first-order chi connectivity index (χ1) is 9.10. The van der Waals surface area contributed by atoms with Crippen molar-refractivity contribution < 1.29 is 38.9 Å². The molecule has 5 nitrogen and oxygen atoms in total. The van der Waals surface area contributed by atoms with Crippen LogP contribution in [0.1, 0.15) is 6.92 Å². The van der Waals surface area contributed by atoms with Crippen molar-refractivity contribution in [3.05, 3.63) is 12.2 Å². The van der Waals surface area contributed by atoms with Gasteiger partial charge in [-0.3, -0.25) is 0 Å². The van der Waals surface area contributed by atoms with Gasteiger partial charge in [-0.25, -0.2) is 0 Å². The second kappa shape index (κ2) is 7.37. The Morgan fingerprint density at radius 2 is 2.20 bits per heavy atom. The number of carbonyl (C=O) groups is 2. The molecule has 0 bridgehead atoms. The summed E-state index contributed by atoms with van der Waals surface area (Å²) in [6, 6.07) is -1.48. The molecule has 3 unspecified atom stereocenters. The van der Waals surface area contributed by atoms with Gasteiger partial charge in [0.15, 0.2) is 0 Å². The van der Waals surface area contributed by atoms with Gasteiger partial charge in [0, 0.05) is 0 Å². The Morgan fingerprint density at radius 3 is 2.60 bits per heavy atom. The number of hydrogen-bond acceptors (Lipinski definition) is 5. The summed E-state index contributed by atoms with van der Waals surface area (Å²) >= 11 is 17.0. The van der Waals surface area contributed by atoms with Crippen molar-refractivity contribution in [3.8, 4) is 0 Å². The zero-order chi connectivity index (χ0) is 15.7. The molecule has 1 heterocycles. The predicted octanol–water partition coefficient (Wildman–Crippen LogP) is 1.54. The van der Waals surface area contributed by atoms with Crippen LogP contribution in [-0.4, -0.2) is 44.6 Å². The van der Waals surface area contributed by atoms with Gasteiger partial charge < -0.3 is 0 Å². The molecule has 20 heavy (non-hydrogen) atoms. The Balaban J connectivity index is 2.82. The summed E-state index contributed by atoms with van der Waals surface area (Å²) in [4.78, 5) is 25.4. The van der Waals surface area contributed by atoms with Gasteiger partial charge in [-0.2, -0.15) is 0 Å². The van der Waals surface area contributed by atoms with Crippen LogP contribution in [-0.2, 0) is 38.9 Å². The van der Waals surface area contributed by atoms with Gasteiger partial charge in [0.05, 0.1) is 0 Å². The topological polar surface area (TPSA) is 72.6 Å². The molecule has 1 aliphatic heterocycles. The second-order valence-corrected chi connectivity index (χ2v) is 11.5. The molecule has 1 rings (SSSR count). The van der Waals surface area contributed by atoms with Crippen LogP contribution < -0.4 is 5.73 Å². The van der Waals surface area contributed by atoms with Crippen LogP contribution in [0.4, 0.5) is 0 Å². The van der Waals surface area contributed by atoms with Gasteiger partial charge in [-0.05, 0) is 0 Å². The molecule has 1 saturated heterocycles. The quantitative estimate of drug-likeness (QED) is 0.186. The molecule has 0 aliphatic carbocycles. The number of likely N-dealkylation sites (tertiary alicyclic amines) is 1. The number of nitrogens with two attached hydrogens (primary N) is 1. The summed E-state index contributed by atoms with van der Waals surface area (Å²) in [5, 5.41) is -0.215. The first-order valence-corrected chi connectivity index (χ1v) is 14.4. The van der Waals surface area contributed by atoms with Gasteiger partial charge in [0.2, 0.25) is 0 Å². The fraction of sp³-hybridized carbons (Fsp3) is 0.600. The van der Waals surface area contributed by atoms with E-state index in [0.717, 1.165) is 0 Å². The van der Waals surface area contributed by atoms with Crippen LogP contribution in [0.5, 0.6) is 0 Å². The van der Waals surface area contributed by atoms with Crippen LogP contribution in [0.15, 0.2) is 12.2 Å². The van der Waals surface area contributed by atoms with Gasteiger partial charge in [0.25, 0.3) is 0 Å². The normalized spacial score (nSPS) is 24.1. The molecular formula is C10H12Cl3HgN2O3S+. The maximum absolute atomic E-state index is 12.1. The maximum atomic E-state index is 12.1. The summed E-state index contributed by atoms with van der Waals surface area (Å²) in [5.74, 6) is -0.969. The minimum absolute atomic E-state index is 0.215. The fourth-order valence-corrected chi connectivity index (χ4v) is 6.92. The van der Waals surface area contributed by atoms with Crippen LogP contribution >= 0.6 is 43.0 Å². The molecule has 1 amide bonds. The molecule has 0 aromatic rings. The number of carbonyl (C=O) groups excluding carboxylic acids is 2. The summed E-state index contributed by atoms with van der Waals surface area (Å²) in [6.45, 7) is 4.97. The molecule has 1 fully saturated rings. The zero-order valence-corrected chi connectivity index (χ0v) is 19.2. The van der Waals surface area contributed by atoms with E-state index in [9.17, 15) is 9.59 Å². The molecule has 10 heteroatoms. The monoisotopic (exact) mass is 547 g/mol.